The standard InChI is InChI=1S/C10H11BrF3NO.ClH/c11-8-4-6(9(15)1-2-16)3-7(5-8)10(12,13)14;/h3-5,9,16H,1-2,15H2;1H/t9-;/m0./s1. The van der Waals surface area contributed by atoms with Gasteiger partial charge in [0.25, 0.3) is 0 Å². The monoisotopic (exact) mass is 333 g/mol. The van der Waals surface area contributed by atoms with Crippen LogP contribution < -0.4 is 5.73 Å². The Morgan fingerprint density at radius 3 is 2.35 bits per heavy atom. The van der Waals surface area contributed by atoms with Crippen molar-refractivity contribution in [3.05, 3.63) is 33.8 Å². The second-order valence-corrected chi connectivity index (χ2v) is 4.31. The van der Waals surface area contributed by atoms with Gasteiger partial charge in [0, 0.05) is 17.1 Å². The van der Waals surface area contributed by atoms with Crippen LogP contribution in [0.3, 0.4) is 0 Å². The second-order valence-electron chi connectivity index (χ2n) is 3.39. The SMILES string of the molecule is Cl.N[C@@H](CCO)c1cc(Br)cc(C(F)(F)F)c1. The van der Waals surface area contributed by atoms with Crippen molar-refractivity contribution in [2.24, 2.45) is 5.73 Å². The quantitative estimate of drug-likeness (QED) is 0.891. The predicted molar refractivity (Wildman–Crippen MR) is 65.0 cm³/mol. The van der Waals surface area contributed by atoms with Gasteiger partial charge < -0.3 is 10.8 Å². The van der Waals surface area contributed by atoms with Crippen LogP contribution in [-0.2, 0) is 6.18 Å². The van der Waals surface area contributed by atoms with Gasteiger partial charge >= 0.3 is 6.18 Å². The number of alkyl halides is 3. The van der Waals surface area contributed by atoms with Crippen molar-refractivity contribution in [1.82, 2.24) is 0 Å². The minimum Gasteiger partial charge on any atom is -0.396 e. The second kappa shape index (κ2) is 6.58. The van der Waals surface area contributed by atoms with Crippen LogP contribution in [0.1, 0.15) is 23.6 Å². The van der Waals surface area contributed by atoms with Gasteiger partial charge in [-0.15, -0.1) is 12.4 Å². The van der Waals surface area contributed by atoms with Crippen LogP contribution in [0.25, 0.3) is 0 Å². The van der Waals surface area contributed by atoms with Crippen molar-refractivity contribution in [1.29, 1.82) is 0 Å². The molecular formula is C10H12BrClF3NO. The smallest absolute Gasteiger partial charge is 0.396 e. The van der Waals surface area contributed by atoms with Gasteiger partial charge in [0.15, 0.2) is 0 Å². The molecule has 17 heavy (non-hydrogen) atoms. The van der Waals surface area contributed by atoms with Crippen molar-refractivity contribution in [3.8, 4) is 0 Å². The molecule has 2 nitrogen and oxygen atoms in total. The summed E-state index contributed by atoms with van der Waals surface area (Å²) in [7, 11) is 0. The summed E-state index contributed by atoms with van der Waals surface area (Å²) in [6, 6.07) is 2.93. The number of nitrogens with two attached hydrogens (primary N) is 1. The molecule has 0 aromatic heterocycles. The Labute approximate surface area is 112 Å². The lowest BCUT2D eigenvalue weighted by molar-refractivity contribution is -0.137. The number of hydrogen-bond acceptors (Lipinski definition) is 2. The summed E-state index contributed by atoms with van der Waals surface area (Å²) >= 11 is 3.01. The van der Waals surface area contributed by atoms with E-state index in [4.69, 9.17) is 10.8 Å². The Kier molecular flexibility index (Phi) is 6.47. The highest BCUT2D eigenvalue weighted by molar-refractivity contribution is 9.10. The molecule has 1 aromatic rings. The predicted octanol–water partition coefficient (Wildman–Crippen LogP) is 3.27. The normalized spacial score (nSPS) is 13.1. The summed E-state index contributed by atoms with van der Waals surface area (Å²) in [5, 5.41) is 8.68. The Balaban J connectivity index is 0.00000256. The first-order valence-corrected chi connectivity index (χ1v) is 5.38. The lowest BCUT2D eigenvalue weighted by Gasteiger charge is -2.14. The number of hydrogen-bond donors (Lipinski definition) is 2. The maximum atomic E-state index is 12.5. The van der Waals surface area contributed by atoms with Gasteiger partial charge in [-0.3, -0.25) is 0 Å². The number of benzene rings is 1. The summed E-state index contributed by atoms with van der Waals surface area (Å²) < 4.78 is 37.8. The highest BCUT2D eigenvalue weighted by Gasteiger charge is 2.31. The minimum atomic E-state index is -4.39. The topological polar surface area (TPSA) is 46.2 Å². The zero-order chi connectivity index (χ0) is 12.3. The van der Waals surface area contributed by atoms with E-state index in [1.54, 1.807) is 0 Å². The van der Waals surface area contributed by atoms with E-state index < -0.39 is 17.8 Å². The van der Waals surface area contributed by atoms with E-state index in [2.05, 4.69) is 15.9 Å². The Morgan fingerprint density at radius 2 is 1.88 bits per heavy atom. The molecule has 0 aliphatic heterocycles. The third-order valence-electron chi connectivity index (χ3n) is 2.12. The molecule has 7 heteroatoms. The van der Waals surface area contributed by atoms with E-state index in [0.717, 1.165) is 12.1 Å². The molecular weight excluding hydrogens is 322 g/mol. The van der Waals surface area contributed by atoms with Crippen LogP contribution in [0, 0.1) is 0 Å². The average molecular weight is 335 g/mol. The number of aliphatic hydroxyl groups excluding tert-OH is 1. The minimum absolute atomic E-state index is 0. The molecule has 0 fully saturated rings. The third-order valence-corrected chi connectivity index (χ3v) is 2.57. The van der Waals surface area contributed by atoms with Crippen molar-refractivity contribution >= 4 is 28.3 Å². The molecule has 0 amide bonds. The Morgan fingerprint density at radius 1 is 1.29 bits per heavy atom. The molecule has 0 bridgehead atoms. The summed E-state index contributed by atoms with van der Waals surface area (Å²) in [4.78, 5) is 0. The lowest BCUT2D eigenvalue weighted by Crippen LogP contribution is -2.14. The van der Waals surface area contributed by atoms with E-state index >= 15 is 0 Å². The Hall–Kier alpha value is -0.300. The number of aliphatic hydroxyl groups is 1. The third kappa shape index (κ3) is 4.83. The van der Waals surface area contributed by atoms with Crippen LogP contribution in [0.2, 0.25) is 0 Å². The van der Waals surface area contributed by atoms with Gasteiger partial charge in [0.2, 0.25) is 0 Å². The fourth-order valence-electron chi connectivity index (χ4n) is 1.30. The number of halogens is 5. The van der Waals surface area contributed by atoms with Crippen molar-refractivity contribution in [2.75, 3.05) is 6.61 Å². The first kappa shape index (κ1) is 16.7. The maximum absolute atomic E-state index is 12.5. The van der Waals surface area contributed by atoms with Crippen molar-refractivity contribution in [3.63, 3.8) is 0 Å². The maximum Gasteiger partial charge on any atom is 0.416 e. The molecule has 0 aliphatic carbocycles. The molecule has 1 atom stereocenters. The van der Waals surface area contributed by atoms with Gasteiger partial charge in [-0.1, -0.05) is 15.9 Å². The first-order chi connectivity index (χ1) is 7.34. The lowest BCUT2D eigenvalue weighted by atomic mass is 10.0. The zero-order valence-corrected chi connectivity index (χ0v) is 11.1. The number of rotatable bonds is 3. The van der Waals surface area contributed by atoms with Gasteiger partial charge in [-0.2, -0.15) is 13.2 Å². The largest absolute Gasteiger partial charge is 0.416 e. The molecule has 0 saturated heterocycles. The Bertz CT molecular complexity index is 373. The van der Waals surface area contributed by atoms with Crippen LogP contribution in [-0.4, -0.2) is 11.7 Å². The van der Waals surface area contributed by atoms with E-state index in [1.807, 2.05) is 0 Å². The van der Waals surface area contributed by atoms with Gasteiger partial charge in [0.1, 0.15) is 0 Å². The molecule has 0 saturated carbocycles. The summed E-state index contributed by atoms with van der Waals surface area (Å²) in [5.74, 6) is 0. The van der Waals surface area contributed by atoms with Crippen molar-refractivity contribution in [2.45, 2.75) is 18.6 Å². The molecule has 1 aromatic carbocycles. The van der Waals surface area contributed by atoms with Crippen LogP contribution >= 0.6 is 28.3 Å². The summed E-state index contributed by atoms with van der Waals surface area (Å²) in [6.07, 6.45) is -4.16. The molecule has 98 valence electrons. The molecule has 3 N–H and O–H groups in total. The molecule has 0 radical (unpaired) electrons. The molecule has 0 aliphatic rings. The fourth-order valence-corrected chi connectivity index (χ4v) is 1.81. The van der Waals surface area contributed by atoms with E-state index in [-0.39, 0.29) is 25.4 Å². The van der Waals surface area contributed by atoms with Gasteiger partial charge in [-0.25, -0.2) is 0 Å². The van der Waals surface area contributed by atoms with E-state index in [1.165, 1.54) is 6.07 Å². The summed E-state index contributed by atoms with van der Waals surface area (Å²) in [6.45, 7) is -0.158. The zero-order valence-electron chi connectivity index (χ0n) is 8.67. The summed E-state index contributed by atoms with van der Waals surface area (Å²) in [5.41, 5.74) is 5.25. The van der Waals surface area contributed by atoms with Crippen LogP contribution in [0.4, 0.5) is 13.2 Å². The molecule has 1 rings (SSSR count). The van der Waals surface area contributed by atoms with Crippen molar-refractivity contribution < 1.29 is 18.3 Å². The van der Waals surface area contributed by atoms with Crippen LogP contribution in [0.15, 0.2) is 22.7 Å². The molecule has 0 unspecified atom stereocenters. The average Bonchev–Trinajstić information content (AvgIpc) is 2.16. The molecule has 0 heterocycles. The first-order valence-electron chi connectivity index (χ1n) is 4.58. The van der Waals surface area contributed by atoms with Gasteiger partial charge in [0.05, 0.1) is 5.56 Å². The molecule has 0 spiro atoms. The van der Waals surface area contributed by atoms with Crippen LogP contribution in [0.5, 0.6) is 0 Å². The van der Waals surface area contributed by atoms with E-state index in [0.29, 0.717) is 10.0 Å². The van der Waals surface area contributed by atoms with E-state index in [9.17, 15) is 13.2 Å². The highest BCUT2D eigenvalue weighted by atomic mass is 79.9. The fraction of sp³-hybridized carbons (Fsp3) is 0.400. The van der Waals surface area contributed by atoms with Gasteiger partial charge in [-0.05, 0) is 30.2 Å². The highest BCUT2D eigenvalue weighted by Crippen LogP contribution is 2.33.